The summed E-state index contributed by atoms with van der Waals surface area (Å²) in [4.78, 5) is 16.8. The number of piperidine rings is 1. The molecule has 3 unspecified atom stereocenters. The van der Waals surface area contributed by atoms with Gasteiger partial charge in [-0.15, -0.1) is 0 Å². The average Bonchev–Trinajstić information content (AvgIpc) is 3.10. The van der Waals surface area contributed by atoms with Crippen molar-refractivity contribution in [1.82, 2.24) is 26.8 Å². The van der Waals surface area contributed by atoms with Crippen LogP contribution in [0.15, 0.2) is 23.2 Å². The number of rotatable bonds is 6. The molecule has 2 aliphatic rings. The molecule has 0 saturated carbocycles. The topological polar surface area (TPSA) is 98.8 Å². The summed E-state index contributed by atoms with van der Waals surface area (Å²) in [5.41, 5.74) is 6.40. The number of fused-ring (bicyclic) bond motifs is 1. The predicted molar refractivity (Wildman–Crippen MR) is 101 cm³/mol. The van der Waals surface area contributed by atoms with Crippen LogP contribution in [0.1, 0.15) is 30.1 Å². The highest BCUT2D eigenvalue weighted by Gasteiger charge is 2.37. The molecule has 3 atom stereocenters. The molecular weight excluding hydrogens is 370 g/mol. The number of guanidine groups is 1. The second-order valence-corrected chi connectivity index (χ2v) is 6.65. The van der Waals surface area contributed by atoms with Crippen molar-refractivity contribution in [3.8, 4) is 0 Å². The van der Waals surface area contributed by atoms with Gasteiger partial charge in [0.15, 0.2) is 17.6 Å². The fourth-order valence-corrected chi connectivity index (χ4v) is 3.29. The van der Waals surface area contributed by atoms with E-state index in [0.29, 0.717) is 19.8 Å². The van der Waals surface area contributed by atoms with Crippen molar-refractivity contribution < 1.29 is 18.3 Å². The number of carbonyl (C=O) groups excluding carboxylic acids is 1. The number of aliphatic imine (C=N–C) groups is 1. The molecule has 8 nitrogen and oxygen atoms in total. The van der Waals surface area contributed by atoms with Crippen LogP contribution in [0.4, 0.5) is 8.78 Å². The van der Waals surface area contributed by atoms with E-state index in [0.717, 1.165) is 31.5 Å². The fraction of sp³-hybridized carbons (Fsp3) is 0.556. The van der Waals surface area contributed by atoms with Gasteiger partial charge in [0.1, 0.15) is 6.17 Å². The van der Waals surface area contributed by atoms with E-state index in [1.807, 2.05) is 6.92 Å². The molecule has 10 heteroatoms. The highest BCUT2D eigenvalue weighted by Crippen LogP contribution is 2.14. The van der Waals surface area contributed by atoms with Crippen LogP contribution >= 0.6 is 0 Å². The van der Waals surface area contributed by atoms with Gasteiger partial charge in [0.25, 0.3) is 5.91 Å². The van der Waals surface area contributed by atoms with Crippen LogP contribution in [-0.4, -0.2) is 56.4 Å². The van der Waals surface area contributed by atoms with E-state index in [9.17, 15) is 13.6 Å². The molecule has 1 aromatic carbocycles. The maximum atomic E-state index is 13.4. The summed E-state index contributed by atoms with van der Waals surface area (Å²) in [6.45, 7) is 4.12. The Labute approximate surface area is 162 Å². The minimum Gasteiger partial charge on any atom is -0.380 e. The van der Waals surface area contributed by atoms with Gasteiger partial charge < -0.3 is 15.4 Å². The predicted octanol–water partition coefficient (Wildman–Crippen LogP) is 0.231. The molecule has 0 aliphatic carbocycles. The van der Waals surface area contributed by atoms with Gasteiger partial charge in [-0.25, -0.2) is 14.2 Å². The third kappa shape index (κ3) is 5.22. The zero-order valence-corrected chi connectivity index (χ0v) is 15.7. The zero-order valence-electron chi connectivity index (χ0n) is 15.7. The molecule has 0 aromatic heterocycles. The zero-order chi connectivity index (χ0) is 19.9. The van der Waals surface area contributed by atoms with Crippen molar-refractivity contribution in [2.24, 2.45) is 4.99 Å². The summed E-state index contributed by atoms with van der Waals surface area (Å²) in [5.74, 6) is -2.43. The minimum absolute atomic E-state index is 0.00406. The third-order valence-electron chi connectivity index (χ3n) is 4.70. The number of carbonyl (C=O) groups is 1. The second kappa shape index (κ2) is 9.87. The lowest BCUT2D eigenvalue weighted by molar-refractivity contribution is 0.0974. The fourth-order valence-electron chi connectivity index (χ4n) is 3.29. The number of benzene rings is 1. The Hall–Kier alpha value is -2.14. The first-order valence-electron chi connectivity index (χ1n) is 9.48. The van der Waals surface area contributed by atoms with Crippen molar-refractivity contribution in [2.45, 2.75) is 38.0 Å². The SMILES string of the molecule is CCOCCN=C(NC(=O)c1ccc(F)c(F)c1)NC1NNC2CCCNC21. The van der Waals surface area contributed by atoms with Crippen LogP contribution in [0.2, 0.25) is 0 Å². The first-order valence-corrected chi connectivity index (χ1v) is 9.48. The third-order valence-corrected chi connectivity index (χ3v) is 4.70. The van der Waals surface area contributed by atoms with Crippen molar-refractivity contribution in [2.75, 3.05) is 26.3 Å². The molecule has 2 aliphatic heterocycles. The number of ether oxygens (including phenoxy) is 1. The first kappa shape index (κ1) is 20.6. The standard InChI is InChI=1S/C18H26F2N6O2/c1-2-28-9-8-22-18(23-16-15-14(25-26-16)4-3-7-21-15)24-17(27)11-5-6-12(19)13(20)10-11/h5-6,10,14-16,21,25-26H,2-4,7-9H2,1H3,(H2,22,23,24,27). The van der Waals surface area contributed by atoms with Crippen molar-refractivity contribution >= 4 is 11.9 Å². The van der Waals surface area contributed by atoms with Gasteiger partial charge in [0.05, 0.1) is 19.2 Å². The summed E-state index contributed by atoms with van der Waals surface area (Å²) in [5, 5.41) is 9.26. The second-order valence-electron chi connectivity index (χ2n) is 6.65. The normalized spacial score (nSPS) is 24.7. The largest absolute Gasteiger partial charge is 0.380 e. The van der Waals surface area contributed by atoms with E-state index >= 15 is 0 Å². The van der Waals surface area contributed by atoms with E-state index in [1.165, 1.54) is 6.07 Å². The Morgan fingerprint density at radius 3 is 2.96 bits per heavy atom. The van der Waals surface area contributed by atoms with Crippen molar-refractivity contribution in [3.63, 3.8) is 0 Å². The molecule has 1 amide bonds. The Kier molecular flexibility index (Phi) is 7.26. The van der Waals surface area contributed by atoms with Gasteiger partial charge in [-0.05, 0) is 44.5 Å². The van der Waals surface area contributed by atoms with E-state index < -0.39 is 17.5 Å². The maximum absolute atomic E-state index is 13.4. The van der Waals surface area contributed by atoms with Crippen molar-refractivity contribution in [3.05, 3.63) is 35.4 Å². The Morgan fingerprint density at radius 2 is 2.18 bits per heavy atom. The number of halogens is 2. The number of hydrogen-bond donors (Lipinski definition) is 5. The molecule has 2 fully saturated rings. The summed E-state index contributed by atoms with van der Waals surface area (Å²) in [6.07, 6.45) is 1.94. The summed E-state index contributed by atoms with van der Waals surface area (Å²) in [6, 6.07) is 3.41. The lowest BCUT2D eigenvalue weighted by Crippen LogP contribution is -2.58. The number of hydrazine groups is 1. The number of hydrogen-bond acceptors (Lipinski definition) is 6. The molecule has 1 aromatic rings. The number of nitrogens with one attached hydrogen (secondary N) is 5. The molecule has 0 bridgehead atoms. The number of amides is 1. The van der Waals surface area contributed by atoms with E-state index in [2.05, 4.69) is 31.8 Å². The highest BCUT2D eigenvalue weighted by atomic mass is 19.2. The summed E-state index contributed by atoms with van der Waals surface area (Å²) >= 11 is 0. The van der Waals surface area contributed by atoms with Crippen LogP contribution in [0.25, 0.3) is 0 Å². The number of nitrogens with zero attached hydrogens (tertiary/aromatic N) is 1. The van der Waals surface area contributed by atoms with E-state index in [1.54, 1.807) is 0 Å². The minimum atomic E-state index is -1.08. The Balaban J connectivity index is 1.67. The van der Waals surface area contributed by atoms with Gasteiger partial charge >= 0.3 is 0 Å². The molecule has 28 heavy (non-hydrogen) atoms. The van der Waals surface area contributed by atoms with Gasteiger partial charge in [0, 0.05) is 18.2 Å². The molecule has 0 spiro atoms. The van der Waals surface area contributed by atoms with Gasteiger partial charge in [-0.1, -0.05) is 0 Å². The van der Waals surface area contributed by atoms with Crippen LogP contribution in [0.5, 0.6) is 0 Å². The summed E-state index contributed by atoms with van der Waals surface area (Å²) in [7, 11) is 0. The van der Waals surface area contributed by atoms with Crippen LogP contribution in [-0.2, 0) is 4.74 Å². The van der Waals surface area contributed by atoms with E-state index in [4.69, 9.17) is 4.74 Å². The lowest BCUT2D eigenvalue weighted by Gasteiger charge is -2.29. The average molecular weight is 396 g/mol. The van der Waals surface area contributed by atoms with Crippen molar-refractivity contribution in [1.29, 1.82) is 0 Å². The van der Waals surface area contributed by atoms with E-state index in [-0.39, 0.29) is 29.8 Å². The van der Waals surface area contributed by atoms with Gasteiger partial charge in [0.2, 0.25) is 0 Å². The quantitative estimate of drug-likeness (QED) is 0.268. The monoisotopic (exact) mass is 396 g/mol. The highest BCUT2D eigenvalue weighted by molar-refractivity contribution is 6.05. The molecule has 2 saturated heterocycles. The lowest BCUT2D eigenvalue weighted by atomic mass is 9.99. The molecule has 5 N–H and O–H groups in total. The Morgan fingerprint density at radius 1 is 1.32 bits per heavy atom. The van der Waals surface area contributed by atoms with Crippen LogP contribution in [0.3, 0.4) is 0 Å². The molecule has 0 radical (unpaired) electrons. The van der Waals surface area contributed by atoms with Crippen LogP contribution < -0.4 is 26.8 Å². The first-order chi connectivity index (χ1) is 13.6. The molecule has 3 rings (SSSR count). The maximum Gasteiger partial charge on any atom is 0.258 e. The van der Waals surface area contributed by atoms with Crippen LogP contribution in [0, 0.1) is 11.6 Å². The van der Waals surface area contributed by atoms with Gasteiger partial charge in [-0.3, -0.25) is 20.5 Å². The van der Waals surface area contributed by atoms with Gasteiger partial charge in [-0.2, -0.15) is 0 Å². The molecular formula is C18H26F2N6O2. The molecule has 154 valence electrons. The molecule has 2 heterocycles. The summed E-state index contributed by atoms with van der Waals surface area (Å²) < 4.78 is 31.8. The Bertz CT molecular complexity index is 717. The smallest absolute Gasteiger partial charge is 0.258 e.